The van der Waals surface area contributed by atoms with Gasteiger partial charge in [-0.15, -0.1) is 11.3 Å². The quantitative estimate of drug-likeness (QED) is 0.890. The topological polar surface area (TPSA) is 58.6 Å². The first-order chi connectivity index (χ1) is 8.66. The number of carbonyl (C=O) groups is 1. The molecule has 1 saturated heterocycles. The molecule has 0 saturated carbocycles. The summed E-state index contributed by atoms with van der Waals surface area (Å²) in [5, 5.41) is 12.7. The average molecular weight is 290 g/mol. The number of hydrogen-bond donors (Lipinski definition) is 2. The predicted molar refractivity (Wildman–Crippen MR) is 71.2 cm³/mol. The van der Waals surface area contributed by atoms with E-state index in [1.54, 1.807) is 12.1 Å². The van der Waals surface area contributed by atoms with Crippen molar-refractivity contribution in [3.8, 4) is 0 Å². The molecule has 2 N–H and O–H groups in total. The minimum atomic E-state index is -0.506. The van der Waals surface area contributed by atoms with Crippen molar-refractivity contribution in [2.75, 3.05) is 19.8 Å². The van der Waals surface area contributed by atoms with Crippen LogP contribution in [-0.4, -0.2) is 36.9 Å². The molecule has 0 spiro atoms. The average Bonchev–Trinajstić information content (AvgIpc) is 2.83. The van der Waals surface area contributed by atoms with E-state index in [9.17, 15) is 9.90 Å². The molecule has 1 aromatic heterocycles. The Hall–Kier alpha value is -0.620. The Balaban J connectivity index is 1.78. The van der Waals surface area contributed by atoms with E-state index in [1.807, 2.05) is 0 Å². The number of aliphatic hydroxyl groups excluding tert-OH is 1. The molecular weight excluding hydrogens is 274 g/mol. The van der Waals surface area contributed by atoms with Crippen molar-refractivity contribution in [1.82, 2.24) is 5.32 Å². The molecule has 1 amide bonds. The van der Waals surface area contributed by atoms with Gasteiger partial charge in [-0.2, -0.15) is 0 Å². The Morgan fingerprint density at radius 1 is 1.56 bits per heavy atom. The molecule has 1 aromatic rings. The van der Waals surface area contributed by atoms with Crippen LogP contribution >= 0.6 is 22.9 Å². The van der Waals surface area contributed by atoms with Gasteiger partial charge in [0.15, 0.2) is 0 Å². The van der Waals surface area contributed by atoms with Crippen LogP contribution in [0.3, 0.4) is 0 Å². The van der Waals surface area contributed by atoms with E-state index >= 15 is 0 Å². The van der Waals surface area contributed by atoms with E-state index in [0.717, 1.165) is 12.8 Å². The van der Waals surface area contributed by atoms with Gasteiger partial charge >= 0.3 is 0 Å². The molecule has 1 atom stereocenters. The maximum absolute atomic E-state index is 11.8. The second-order valence-electron chi connectivity index (χ2n) is 4.33. The molecular formula is C12H16ClNO3S. The molecule has 0 bridgehead atoms. The molecule has 1 aliphatic heterocycles. The SMILES string of the molecule is O=C(NCC(O)C1CCOCC1)c1ccc(Cl)s1. The number of rotatable bonds is 4. The van der Waals surface area contributed by atoms with E-state index in [4.69, 9.17) is 16.3 Å². The van der Waals surface area contributed by atoms with Crippen LogP contribution in [-0.2, 0) is 4.74 Å². The third kappa shape index (κ3) is 3.68. The summed E-state index contributed by atoms with van der Waals surface area (Å²) in [6.07, 6.45) is 1.19. The summed E-state index contributed by atoms with van der Waals surface area (Å²) in [4.78, 5) is 12.3. The summed E-state index contributed by atoms with van der Waals surface area (Å²) < 4.78 is 5.82. The highest BCUT2D eigenvalue weighted by Gasteiger charge is 2.22. The maximum Gasteiger partial charge on any atom is 0.261 e. The van der Waals surface area contributed by atoms with Crippen LogP contribution in [0.15, 0.2) is 12.1 Å². The lowest BCUT2D eigenvalue weighted by Gasteiger charge is -2.26. The van der Waals surface area contributed by atoms with E-state index in [2.05, 4.69) is 5.32 Å². The largest absolute Gasteiger partial charge is 0.391 e. The van der Waals surface area contributed by atoms with Crippen molar-refractivity contribution < 1.29 is 14.6 Å². The van der Waals surface area contributed by atoms with Crippen LogP contribution in [0.2, 0.25) is 4.34 Å². The van der Waals surface area contributed by atoms with Gasteiger partial charge in [-0.1, -0.05) is 11.6 Å². The molecule has 100 valence electrons. The van der Waals surface area contributed by atoms with Gasteiger partial charge in [0.2, 0.25) is 0 Å². The summed E-state index contributed by atoms with van der Waals surface area (Å²) in [5.41, 5.74) is 0. The van der Waals surface area contributed by atoms with Crippen LogP contribution in [0.4, 0.5) is 0 Å². The van der Waals surface area contributed by atoms with Crippen LogP contribution < -0.4 is 5.32 Å². The third-order valence-electron chi connectivity index (χ3n) is 3.08. The monoisotopic (exact) mass is 289 g/mol. The third-order valence-corrected chi connectivity index (χ3v) is 4.31. The fourth-order valence-electron chi connectivity index (χ4n) is 1.99. The highest BCUT2D eigenvalue weighted by Crippen LogP contribution is 2.21. The van der Waals surface area contributed by atoms with Gasteiger partial charge in [-0.3, -0.25) is 4.79 Å². The van der Waals surface area contributed by atoms with Crippen LogP contribution in [0.25, 0.3) is 0 Å². The van der Waals surface area contributed by atoms with Crippen molar-refractivity contribution in [2.45, 2.75) is 18.9 Å². The van der Waals surface area contributed by atoms with Crippen molar-refractivity contribution in [2.24, 2.45) is 5.92 Å². The molecule has 1 unspecified atom stereocenters. The molecule has 18 heavy (non-hydrogen) atoms. The number of amides is 1. The first kappa shape index (κ1) is 13.8. The summed E-state index contributed by atoms with van der Waals surface area (Å²) in [5.74, 6) is 0.0315. The number of carbonyl (C=O) groups excluding carboxylic acids is 1. The summed E-state index contributed by atoms with van der Waals surface area (Å²) >= 11 is 7.00. The first-order valence-electron chi connectivity index (χ1n) is 5.96. The highest BCUT2D eigenvalue weighted by molar-refractivity contribution is 7.17. The Morgan fingerprint density at radius 2 is 2.28 bits per heavy atom. The number of aliphatic hydroxyl groups is 1. The van der Waals surface area contributed by atoms with Gasteiger partial charge in [0.1, 0.15) is 0 Å². The number of ether oxygens (including phenoxy) is 1. The Morgan fingerprint density at radius 3 is 2.89 bits per heavy atom. The van der Waals surface area contributed by atoms with E-state index < -0.39 is 6.10 Å². The second kappa shape index (κ2) is 6.52. The van der Waals surface area contributed by atoms with E-state index in [1.165, 1.54) is 11.3 Å². The van der Waals surface area contributed by atoms with Crippen molar-refractivity contribution in [3.05, 3.63) is 21.3 Å². The van der Waals surface area contributed by atoms with Gasteiger partial charge in [0.25, 0.3) is 5.91 Å². The zero-order chi connectivity index (χ0) is 13.0. The number of thiophene rings is 1. The van der Waals surface area contributed by atoms with Gasteiger partial charge in [-0.25, -0.2) is 0 Å². The molecule has 0 radical (unpaired) electrons. The lowest BCUT2D eigenvalue weighted by molar-refractivity contribution is 0.00874. The minimum Gasteiger partial charge on any atom is -0.391 e. The van der Waals surface area contributed by atoms with Gasteiger partial charge < -0.3 is 15.2 Å². The zero-order valence-corrected chi connectivity index (χ0v) is 11.5. The number of hydrogen-bond acceptors (Lipinski definition) is 4. The summed E-state index contributed by atoms with van der Waals surface area (Å²) in [6.45, 7) is 1.66. The van der Waals surface area contributed by atoms with Crippen molar-refractivity contribution in [3.63, 3.8) is 0 Å². The highest BCUT2D eigenvalue weighted by atomic mass is 35.5. The predicted octanol–water partition coefficient (Wildman–Crippen LogP) is 1.92. The van der Waals surface area contributed by atoms with E-state index in [0.29, 0.717) is 22.4 Å². The van der Waals surface area contributed by atoms with Gasteiger partial charge in [0.05, 0.1) is 15.3 Å². The molecule has 1 fully saturated rings. The van der Waals surface area contributed by atoms with Crippen LogP contribution in [0, 0.1) is 5.92 Å². The first-order valence-corrected chi connectivity index (χ1v) is 7.15. The molecule has 2 heterocycles. The maximum atomic E-state index is 11.8. The Kier molecular flexibility index (Phi) is 5.00. The Labute approximate surface area is 115 Å². The van der Waals surface area contributed by atoms with Gasteiger partial charge in [-0.05, 0) is 30.9 Å². The standard InChI is InChI=1S/C12H16ClNO3S/c13-11-2-1-10(18-11)12(16)14-7-9(15)8-3-5-17-6-4-8/h1-2,8-9,15H,3-7H2,(H,14,16). The zero-order valence-electron chi connectivity index (χ0n) is 9.89. The summed E-state index contributed by atoms with van der Waals surface area (Å²) in [7, 11) is 0. The smallest absolute Gasteiger partial charge is 0.261 e. The molecule has 6 heteroatoms. The minimum absolute atomic E-state index is 0.182. The molecule has 4 nitrogen and oxygen atoms in total. The molecule has 0 aliphatic carbocycles. The molecule has 1 aliphatic rings. The fourth-order valence-corrected chi connectivity index (χ4v) is 2.95. The normalized spacial score (nSPS) is 18.6. The second-order valence-corrected chi connectivity index (χ2v) is 6.05. The lowest BCUT2D eigenvalue weighted by Crippen LogP contribution is -2.38. The molecule has 2 rings (SSSR count). The molecule has 0 aromatic carbocycles. The van der Waals surface area contributed by atoms with Crippen molar-refractivity contribution >= 4 is 28.8 Å². The van der Waals surface area contributed by atoms with Crippen molar-refractivity contribution in [1.29, 1.82) is 0 Å². The number of halogens is 1. The van der Waals surface area contributed by atoms with E-state index in [-0.39, 0.29) is 18.4 Å². The Bertz CT molecular complexity index is 404. The summed E-state index contributed by atoms with van der Waals surface area (Å²) in [6, 6.07) is 3.37. The van der Waals surface area contributed by atoms with Crippen LogP contribution in [0.1, 0.15) is 22.5 Å². The van der Waals surface area contributed by atoms with Crippen LogP contribution in [0.5, 0.6) is 0 Å². The lowest BCUT2D eigenvalue weighted by atomic mass is 9.94. The van der Waals surface area contributed by atoms with Gasteiger partial charge in [0, 0.05) is 19.8 Å². The fraction of sp³-hybridized carbons (Fsp3) is 0.583. The number of nitrogens with one attached hydrogen (secondary N) is 1.